The minimum absolute atomic E-state index is 0.0131. The van der Waals surface area contributed by atoms with Crippen molar-refractivity contribution in [3.63, 3.8) is 0 Å². The normalized spacial score (nSPS) is 22.5. The maximum absolute atomic E-state index is 12.2. The highest BCUT2D eigenvalue weighted by Crippen LogP contribution is 2.24. The molecule has 1 aliphatic rings. The lowest BCUT2D eigenvalue weighted by Crippen LogP contribution is -2.48. The van der Waals surface area contributed by atoms with Gasteiger partial charge in [0.1, 0.15) is 5.60 Å². The fourth-order valence-corrected chi connectivity index (χ4v) is 3.57. The van der Waals surface area contributed by atoms with Gasteiger partial charge in [0.25, 0.3) is 0 Å². The van der Waals surface area contributed by atoms with Crippen LogP contribution in [0, 0.1) is 5.92 Å². The number of likely N-dealkylation sites (tertiary alicyclic amines) is 1. The summed E-state index contributed by atoms with van der Waals surface area (Å²) in [6, 6.07) is 0. The summed E-state index contributed by atoms with van der Waals surface area (Å²) < 4.78 is 7.42. The van der Waals surface area contributed by atoms with Gasteiger partial charge in [-0.15, -0.1) is 11.3 Å². The second-order valence-corrected chi connectivity index (χ2v) is 7.94. The molecular formula is C16H23N3O3S. The predicted molar refractivity (Wildman–Crippen MR) is 88.7 cm³/mol. The van der Waals surface area contributed by atoms with Gasteiger partial charge in [-0.1, -0.05) is 0 Å². The first kappa shape index (κ1) is 16.3. The maximum Gasteiger partial charge on any atom is 0.410 e. The van der Waals surface area contributed by atoms with Gasteiger partial charge in [-0.2, -0.15) is 0 Å². The van der Waals surface area contributed by atoms with Crippen LogP contribution in [0.4, 0.5) is 4.79 Å². The van der Waals surface area contributed by atoms with Gasteiger partial charge in [0.05, 0.1) is 11.8 Å². The Morgan fingerprint density at radius 2 is 2.30 bits per heavy atom. The number of fused-ring (bicyclic) bond motifs is 1. The van der Waals surface area contributed by atoms with Crippen molar-refractivity contribution < 1.29 is 14.6 Å². The summed E-state index contributed by atoms with van der Waals surface area (Å²) in [5, 5.41) is 12.3. The Hall–Kier alpha value is -1.60. The highest BCUT2D eigenvalue weighted by molar-refractivity contribution is 7.15. The molecular weight excluding hydrogens is 314 g/mol. The molecule has 3 rings (SSSR count). The Bertz CT molecular complexity index is 660. The molecule has 1 amide bonds. The topological polar surface area (TPSA) is 67.1 Å². The van der Waals surface area contributed by atoms with Crippen molar-refractivity contribution in [1.29, 1.82) is 0 Å². The first-order valence-electron chi connectivity index (χ1n) is 7.89. The average molecular weight is 337 g/mol. The van der Waals surface area contributed by atoms with Gasteiger partial charge in [-0.05, 0) is 33.6 Å². The number of amides is 1. The molecule has 0 bridgehead atoms. The van der Waals surface area contributed by atoms with E-state index < -0.39 is 11.7 Å². The van der Waals surface area contributed by atoms with E-state index in [0.717, 1.165) is 10.7 Å². The number of aliphatic hydroxyl groups is 1. The molecule has 0 saturated carbocycles. The standard InChI is InChI=1S/C16H23N3O3S/c1-16(2,3)22-15(21)19-5-4-13(20)11(9-19)8-12-10-18-6-7-23-14(18)17-12/h6-7,10-11,13,20H,4-5,8-9H2,1-3H3. The summed E-state index contributed by atoms with van der Waals surface area (Å²) in [6.45, 7) is 6.61. The third-order valence-corrected chi connectivity index (χ3v) is 4.73. The van der Waals surface area contributed by atoms with Gasteiger partial charge >= 0.3 is 6.09 Å². The number of nitrogens with zero attached hydrogens (tertiary/aromatic N) is 3. The molecule has 1 fully saturated rings. The van der Waals surface area contributed by atoms with E-state index in [4.69, 9.17) is 4.74 Å². The van der Waals surface area contributed by atoms with E-state index in [9.17, 15) is 9.90 Å². The highest BCUT2D eigenvalue weighted by Gasteiger charge is 2.33. The summed E-state index contributed by atoms with van der Waals surface area (Å²) in [5.74, 6) is -0.0131. The fourth-order valence-electron chi connectivity index (χ4n) is 2.86. The molecule has 1 N–H and O–H groups in total. The third-order valence-electron chi connectivity index (χ3n) is 3.96. The number of imidazole rings is 1. The molecule has 0 radical (unpaired) electrons. The lowest BCUT2D eigenvalue weighted by molar-refractivity contribution is -0.00839. The van der Waals surface area contributed by atoms with Gasteiger partial charge in [0.15, 0.2) is 4.96 Å². The van der Waals surface area contributed by atoms with Crippen LogP contribution in [0.1, 0.15) is 32.9 Å². The van der Waals surface area contributed by atoms with E-state index in [1.165, 1.54) is 0 Å². The Morgan fingerprint density at radius 1 is 1.52 bits per heavy atom. The van der Waals surface area contributed by atoms with Crippen LogP contribution in [0.3, 0.4) is 0 Å². The van der Waals surface area contributed by atoms with Crippen LogP contribution in [0.15, 0.2) is 17.8 Å². The molecule has 1 saturated heterocycles. The van der Waals surface area contributed by atoms with Crippen LogP contribution in [-0.2, 0) is 11.2 Å². The first-order chi connectivity index (χ1) is 10.8. The Morgan fingerprint density at radius 3 is 3.00 bits per heavy atom. The summed E-state index contributed by atoms with van der Waals surface area (Å²) >= 11 is 1.59. The molecule has 2 aromatic rings. The van der Waals surface area contributed by atoms with Crippen LogP contribution >= 0.6 is 11.3 Å². The van der Waals surface area contributed by atoms with Gasteiger partial charge in [0.2, 0.25) is 0 Å². The predicted octanol–water partition coefficient (Wildman–Crippen LogP) is 2.56. The fraction of sp³-hybridized carbons (Fsp3) is 0.625. The minimum Gasteiger partial charge on any atom is -0.444 e. The Kier molecular flexibility index (Phi) is 4.33. The van der Waals surface area contributed by atoms with E-state index in [1.54, 1.807) is 16.2 Å². The van der Waals surface area contributed by atoms with Crippen LogP contribution in [0.25, 0.3) is 4.96 Å². The number of piperidine rings is 1. The van der Waals surface area contributed by atoms with Crippen molar-refractivity contribution in [2.45, 2.75) is 45.3 Å². The lowest BCUT2D eigenvalue weighted by Gasteiger charge is -2.36. The number of rotatable bonds is 2. The summed E-state index contributed by atoms with van der Waals surface area (Å²) in [4.78, 5) is 19.4. The van der Waals surface area contributed by atoms with Crippen molar-refractivity contribution in [2.24, 2.45) is 5.92 Å². The summed E-state index contributed by atoms with van der Waals surface area (Å²) in [7, 11) is 0. The molecule has 2 aromatic heterocycles. The molecule has 0 aromatic carbocycles. The van der Waals surface area contributed by atoms with Crippen molar-refractivity contribution in [3.8, 4) is 0 Å². The highest BCUT2D eigenvalue weighted by atomic mass is 32.1. The zero-order valence-electron chi connectivity index (χ0n) is 13.7. The van der Waals surface area contributed by atoms with Crippen molar-refractivity contribution in [3.05, 3.63) is 23.5 Å². The lowest BCUT2D eigenvalue weighted by atomic mass is 9.91. The number of hydrogen-bond donors (Lipinski definition) is 1. The number of aromatic nitrogens is 2. The quantitative estimate of drug-likeness (QED) is 0.914. The van der Waals surface area contributed by atoms with E-state index >= 15 is 0 Å². The number of thiazole rings is 1. The first-order valence-corrected chi connectivity index (χ1v) is 8.77. The van der Waals surface area contributed by atoms with Crippen LogP contribution in [-0.4, -0.2) is 50.3 Å². The van der Waals surface area contributed by atoms with Gasteiger partial charge in [-0.25, -0.2) is 9.78 Å². The third kappa shape index (κ3) is 3.84. The zero-order chi connectivity index (χ0) is 16.6. The number of hydrogen-bond acceptors (Lipinski definition) is 5. The van der Waals surface area contributed by atoms with Crippen LogP contribution < -0.4 is 0 Å². The Labute approximate surface area is 139 Å². The van der Waals surface area contributed by atoms with E-state index in [-0.39, 0.29) is 12.0 Å². The molecule has 7 heteroatoms. The monoisotopic (exact) mass is 337 g/mol. The smallest absolute Gasteiger partial charge is 0.410 e. The number of carbonyl (C=O) groups excluding carboxylic acids is 1. The number of aliphatic hydroxyl groups excluding tert-OH is 1. The van der Waals surface area contributed by atoms with E-state index in [2.05, 4.69) is 4.98 Å². The molecule has 2 atom stereocenters. The van der Waals surface area contributed by atoms with Gasteiger partial charge < -0.3 is 14.7 Å². The maximum atomic E-state index is 12.2. The molecule has 3 heterocycles. The van der Waals surface area contributed by atoms with Crippen molar-refractivity contribution in [2.75, 3.05) is 13.1 Å². The minimum atomic E-state index is -0.503. The van der Waals surface area contributed by atoms with Crippen molar-refractivity contribution in [1.82, 2.24) is 14.3 Å². The van der Waals surface area contributed by atoms with Crippen LogP contribution in [0.2, 0.25) is 0 Å². The average Bonchev–Trinajstić information content (AvgIpc) is 3.00. The molecule has 23 heavy (non-hydrogen) atoms. The molecule has 0 spiro atoms. The van der Waals surface area contributed by atoms with E-state index in [1.807, 2.05) is 42.9 Å². The SMILES string of the molecule is CC(C)(C)OC(=O)N1CCC(O)C(Cc2cn3ccsc3n2)C1. The number of carbonyl (C=O) groups is 1. The van der Waals surface area contributed by atoms with Gasteiger partial charge in [0, 0.05) is 36.8 Å². The molecule has 126 valence electrons. The van der Waals surface area contributed by atoms with Crippen LogP contribution in [0.5, 0.6) is 0 Å². The second kappa shape index (κ2) is 6.13. The molecule has 2 unspecified atom stereocenters. The molecule has 6 nitrogen and oxygen atoms in total. The van der Waals surface area contributed by atoms with Crippen molar-refractivity contribution >= 4 is 22.4 Å². The number of ether oxygens (including phenoxy) is 1. The largest absolute Gasteiger partial charge is 0.444 e. The van der Waals surface area contributed by atoms with E-state index in [0.29, 0.717) is 25.9 Å². The molecule has 1 aliphatic heterocycles. The van der Waals surface area contributed by atoms with Gasteiger partial charge in [-0.3, -0.25) is 4.40 Å². The Balaban J connectivity index is 1.66. The molecule has 0 aliphatic carbocycles. The summed E-state index contributed by atoms with van der Waals surface area (Å²) in [6.07, 6.45) is 4.49. The second-order valence-electron chi connectivity index (χ2n) is 7.07. The zero-order valence-corrected chi connectivity index (χ0v) is 14.5. The summed E-state index contributed by atoms with van der Waals surface area (Å²) in [5.41, 5.74) is 0.448.